The summed E-state index contributed by atoms with van der Waals surface area (Å²) in [5.74, 6) is 0.585. The van der Waals surface area contributed by atoms with Crippen molar-refractivity contribution in [3.8, 4) is 17.0 Å². The largest absolute Gasteiger partial charge is 0.573 e. The van der Waals surface area contributed by atoms with Crippen LogP contribution in [0.3, 0.4) is 0 Å². The van der Waals surface area contributed by atoms with Crippen molar-refractivity contribution in [1.82, 2.24) is 10.1 Å². The Balaban J connectivity index is 1.22. The molecule has 0 amide bonds. The van der Waals surface area contributed by atoms with Crippen LogP contribution < -0.4 is 10.1 Å². The van der Waals surface area contributed by atoms with E-state index in [4.69, 9.17) is 9.26 Å². The minimum atomic E-state index is -4.84. The fraction of sp³-hybridized carbons (Fsp3) is 0.500. The molecule has 4 atom stereocenters. The van der Waals surface area contributed by atoms with E-state index in [0.717, 1.165) is 32.1 Å². The van der Waals surface area contributed by atoms with E-state index in [1.807, 2.05) is 0 Å². The van der Waals surface area contributed by atoms with Crippen molar-refractivity contribution in [3.63, 3.8) is 0 Å². The highest BCUT2D eigenvalue weighted by Gasteiger charge is 2.53. The average molecular weight is 572 g/mol. The van der Waals surface area contributed by atoms with Crippen molar-refractivity contribution in [2.24, 2.45) is 11.3 Å². The van der Waals surface area contributed by atoms with Crippen LogP contribution in [0.2, 0.25) is 0 Å². The van der Waals surface area contributed by atoms with E-state index in [1.54, 1.807) is 25.1 Å². The van der Waals surface area contributed by atoms with Crippen LogP contribution >= 0.6 is 0 Å². The van der Waals surface area contributed by atoms with Gasteiger partial charge in [-0.2, -0.15) is 0 Å². The first-order valence-corrected chi connectivity index (χ1v) is 13.9. The topological polar surface area (TPSA) is 107 Å². The number of carboxylic acids is 1. The molecule has 3 aromatic rings. The molecule has 3 unspecified atom stereocenters. The molecule has 0 spiro atoms. The lowest BCUT2D eigenvalue weighted by atomic mass is 9.52. The molecule has 3 aliphatic carbocycles. The second-order valence-corrected chi connectivity index (χ2v) is 11.7. The summed E-state index contributed by atoms with van der Waals surface area (Å²) in [6, 6.07) is 7.77. The molecule has 11 heteroatoms. The van der Waals surface area contributed by atoms with Crippen LogP contribution in [0.25, 0.3) is 11.3 Å². The number of fused-ring (bicyclic) bond motifs is 1. The summed E-state index contributed by atoms with van der Waals surface area (Å²) < 4.78 is 55.8. The van der Waals surface area contributed by atoms with Crippen LogP contribution in [0.1, 0.15) is 78.6 Å². The van der Waals surface area contributed by atoms with E-state index < -0.39 is 12.3 Å². The number of aromatic nitrogens is 2. The van der Waals surface area contributed by atoms with Gasteiger partial charge in [-0.15, -0.1) is 13.2 Å². The van der Waals surface area contributed by atoms with Gasteiger partial charge in [0.2, 0.25) is 0 Å². The molecule has 41 heavy (non-hydrogen) atoms. The molecule has 2 N–H and O–H groups in total. The van der Waals surface area contributed by atoms with E-state index in [9.17, 15) is 23.1 Å². The van der Waals surface area contributed by atoms with Crippen molar-refractivity contribution in [1.29, 1.82) is 0 Å². The van der Waals surface area contributed by atoms with E-state index in [1.165, 1.54) is 18.3 Å². The zero-order chi connectivity index (χ0) is 28.9. The second-order valence-electron chi connectivity index (χ2n) is 11.7. The maximum absolute atomic E-state index is 13.1. The quantitative estimate of drug-likeness (QED) is 0.280. The predicted octanol–water partition coefficient (Wildman–Crippen LogP) is 7.10. The molecule has 2 aromatic heterocycles. The maximum Gasteiger partial charge on any atom is 0.573 e. The first-order valence-electron chi connectivity index (χ1n) is 13.9. The van der Waals surface area contributed by atoms with Gasteiger partial charge < -0.3 is 24.4 Å². The monoisotopic (exact) mass is 571 g/mol. The summed E-state index contributed by atoms with van der Waals surface area (Å²) in [6.45, 7) is 4.19. The van der Waals surface area contributed by atoms with Crippen LogP contribution in [0, 0.1) is 18.3 Å². The molecule has 2 heterocycles. The number of pyridine rings is 1. The molecule has 218 valence electrons. The molecule has 0 aliphatic heterocycles. The lowest BCUT2D eigenvalue weighted by molar-refractivity contribution is -0.274. The van der Waals surface area contributed by atoms with Gasteiger partial charge in [0.1, 0.15) is 23.0 Å². The van der Waals surface area contributed by atoms with E-state index in [0.29, 0.717) is 40.7 Å². The van der Waals surface area contributed by atoms with Gasteiger partial charge in [-0.3, -0.25) is 0 Å². The van der Waals surface area contributed by atoms with Crippen molar-refractivity contribution in [3.05, 3.63) is 59.0 Å². The number of nitrogens with one attached hydrogen (secondary N) is 1. The Labute approximate surface area is 235 Å². The zero-order valence-electron chi connectivity index (χ0n) is 22.8. The number of halogens is 3. The predicted molar refractivity (Wildman–Crippen MR) is 143 cm³/mol. The van der Waals surface area contributed by atoms with E-state index in [-0.39, 0.29) is 47.0 Å². The van der Waals surface area contributed by atoms with Crippen molar-refractivity contribution in [2.75, 3.05) is 5.32 Å². The molecular weight excluding hydrogens is 539 g/mol. The number of hydrogen-bond acceptors (Lipinski definition) is 7. The van der Waals surface area contributed by atoms with Gasteiger partial charge in [-0.25, -0.2) is 9.78 Å². The van der Waals surface area contributed by atoms with E-state index >= 15 is 0 Å². The molecule has 0 bridgehead atoms. The molecule has 1 aromatic carbocycles. The average Bonchev–Trinajstić information content (AvgIpc) is 3.66. The number of anilines is 1. The Hall–Kier alpha value is -3.60. The van der Waals surface area contributed by atoms with Crippen molar-refractivity contribution >= 4 is 11.8 Å². The third-order valence-corrected chi connectivity index (χ3v) is 9.07. The van der Waals surface area contributed by atoms with Gasteiger partial charge in [0.05, 0.1) is 18.3 Å². The number of benzene rings is 1. The highest BCUT2D eigenvalue weighted by Crippen LogP contribution is 2.56. The first-order chi connectivity index (χ1) is 19.5. The number of para-hydroxylation sites is 1. The van der Waals surface area contributed by atoms with Crippen LogP contribution in [0.15, 0.2) is 41.1 Å². The van der Waals surface area contributed by atoms with Gasteiger partial charge in [0, 0.05) is 29.3 Å². The third-order valence-electron chi connectivity index (χ3n) is 9.07. The lowest BCUT2D eigenvalue weighted by Crippen LogP contribution is -2.56. The number of rotatable bonds is 9. The molecular formula is C30H32F3N3O5. The van der Waals surface area contributed by atoms with Crippen molar-refractivity contribution in [2.45, 2.75) is 83.4 Å². The fourth-order valence-electron chi connectivity index (χ4n) is 6.41. The van der Waals surface area contributed by atoms with Gasteiger partial charge in [0.15, 0.2) is 0 Å². The summed E-state index contributed by atoms with van der Waals surface area (Å²) >= 11 is 0. The number of hydrogen-bond donors (Lipinski definition) is 2. The van der Waals surface area contributed by atoms with Gasteiger partial charge >= 0.3 is 12.3 Å². The molecule has 8 nitrogen and oxygen atoms in total. The van der Waals surface area contributed by atoms with Crippen molar-refractivity contribution < 1.29 is 37.1 Å². The molecule has 6 rings (SSSR count). The van der Waals surface area contributed by atoms with Crippen LogP contribution in [-0.2, 0) is 11.3 Å². The normalized spacial score (nSPS) is 25.7. The van der Waals surface area contributed by atoms with Gasteiger partial charge in [-0.05, 0) is 80.5 Å². The number of carboxylic acid groups (broad SMARTS) is 1. The first kappa shape index (κ1) is 27.6. The number of ether oxygens (including phenoxy) is 2. The Kier molecular flexibility index (Phi) is 6.96. The molecule has 3 aliphatic rings. The highest BCUT2D eigenvalue weighted by molar-refractivity contribution is 5.89. The lowest BCUT2D eigenvalue weighted by Gasteiger charge is -2.57. The smallest absolute Gasteiger partial charge is 0.478 e. The number of carbonyl (C=O) groups is 1. The molecule has 0 saturated heterocycles. The van der Waals surface area contributed by atoms with E-state index in [2.05, 4.69) is 27.1 Å². The Morgan fingerprint density at radius 1 is 1.22 bits per heavy atom. The molecule has 3 fully saturated rings. The number of aromatic carboxylic acids is 1. The fourth-order valence-corrected chi connectivity index (χ4v) is 6.41. The van der Waals surface area contributed by atoms with Crippen LogP contribution in [0.4, 0.5) is 19.0 Å². The SMILES string of the molecule is Cc1cc(NC2CC(OCc3c(-c4ccccc4OC(F)(F)F)noc3C3CC3)CC3CC[C@]32C)ncc1C(=O)O. The van der Waals surface area contributed by atoms with Crippen LogP contribution in [0.5, 0.6) is 5.75 Å². The summed E-state index contributed by atoms with van der Waals surface area (Å²) in [5, 5.41) is 17.1. The minimum Gasteiger partial charge on any atom is -0.478 e. The van der Waals surface area contributed by atoms with Gasteiger partial charge in [0.25, 0.3) is 0 Å². The summed E-state index contributed by atoms with van der Waals surface area (Å²) in [4.78, 5) is 15.8. The number of nitrogens with zero attached hydrogens (tertiary/aromatic N) is 2. The molecule has 3 saturated carbocycles. The van der Waals surface area contributed by atoms with Crippen LogP contribution in [-0.4, -0.2) is 39.7 Å². The Morgan fingerprint density at radius 3 is 2.66 bits per heavy atom. The Bertz CT molecular complexity index is 1450. The number of alkyl halides is 3. The number of aryl methyl sites for hydroxylation is 1. The summed E-state index contributed by atoms with van der Waals surface area (Å²) in [6.07, 6.45) is 2.08. The molecule has 0 radical (unpaired) electrons. The summed E-state index contributed by atoms with van der Waals surface area (Å²) in [5.41, 5.74) is 2.06. The highest BCUT2D eigenvalue weighted by atomic mass is 19.4. The Morgan fingerprint density at radius 2 is 2.00 bits per heavy atom. The van der Waals surface area contributed by atoms with Gasteiger partial charge in [-0.1, -0.05) is 24.2 Å². The third kappa shape index (κ3) is 5.51. The standard InChI is InChI=1S/C30H32F3N3O5/c1-16-11-25(34-14-21(16)28(37)38)35-24-13-19(12-18-9-10-29(18,24)2)39-15-22-26(36-41-27(22)17-7-8-17)20-5-3-4-6-23(20)40-30(31,32)33/h3-6,11,14,17-19,24H,7-10,12-13,15H2,1-2H3,(H,34,35)(H,37,38)/t18?,19?,24?,29-/m1/s1. The minimum absolute atomic E-state index is 0.0633. The maximum atomic E-state index is 13.1. The zero-order valence-corrected chi connectivity index (χ0v) is 22.8. The second kappa shape index (κ2) is 10.3. The summed E-state index contributed by atoms with van der Waals surface area (Å²) in [7, 11) is 0.